The molecular weight excluding hydrogens is 256 g/mol. The lowest BCUT2D eigenvalue weighted by Gasteiger charge is -2.21. The normalized spacial score (nSPS) is 13.7. The van der Waals surface area contributed by atoms with Gasteiger partial charge >= 0.3 is 0 Å². The molecule has 0 atom stereocenters. The topological polar surface area (TPSA) is 29.3 Å². The highest BCUT2D eigenvalue weighted by atomic mass is 15.1. The summed E-state index contributed by atoms with van der Waals surface area (Å²) in [6.07, 6.45) is 0. The van der Waals surface area contributed by atoms with Gasteiger partial charge < -0.3 is 10.6 Å². The Hall–Kier alpha value is -2.32. The van der Waals surface area contributed by atoms with Gasteiger partial charge in [0.2, 0.25) is 0 Å². The molecule has 2 nitrogen and oxygen atoms in total. The summed E-state index contributed by atoms with van der Waals surface area (Å²) in [6.45, 7) is 2.56. The van der Waals surface area contributed by atoms with Crippen LogP contribution in [0.2, 0.25) is 0 Å². The summed E-state index contributed by atoms with van der Waals surface area (Å²) < 4.78 is 0. The van der Waals surface area contributed by atoms with Gasteiger partial charge in [-0.3, -0.25) is 0 Å². The van der Waals surface area contributed by atoms with Crippen molar-refractivity contribution in [2.45, 2.75) is 19.6 Å². The molecular formula is C19H18N2. The van der Waals surface area contributed by atoms with Gasteiger partial charge in [0, 0.05) is 30.7 Å². The van der Waals surface area contributed by atoms with E-state index in [4.69, 9.17) is 5.73 Å². The van der Waals surface area contributed by atoms with Gasteiger partial charge in [-0.1, -0.05) is 54.6 Å². The second-order valence-corrected chi connectivity index (χ2v) is 5.62. The first-order valence-corrected chi connectivity index (χ1v) is 7.39. The summed E-state index contributed by atoms with van der Waals surface area (Å²) in [7, 11) is 0. The Bertz CT molecular complexity index is 783. The van der Waals surface area contributed by atoms with Crippen LogP contribution in [0.4, 0.5) is 5.69 Å². The van der Waals surface area contributed by atoms with Gasteiger partial charge in [0.05, 0.1) is 0 Å². The van der Waals surface area contributed by atoms with Crippen molar-refractivity contribution in [2.75, 3.05) is 4.90 Å². The number of benzene rings is 3. The minimum Gasteiger partial charge on any atom is -0.362 e. The fraction of sp³-hybridized carbons (Fsp3) is 0.158. The van der Waals surface area contributed by atoms with Gasteiger partial charge in [0.15, 0.2) is 0 Å². The van der Waals surface area contributed by atoms with Crippen molar-refractivity contribution >= 4 is 16.5 Å². The van der Waals surface area contributed by atoms with Crippen molar-refractivity contribution in [2.24, 2.45) is 5.73 Å². The van der Waals surface area contributed by atoms with Crippen molar-refractivity contribution in [3.63, 3.8) is 0 Å². The molecule has 2 N–H and O–H groups in total. The molecule has 1 aliphatic rings. The van der Waals surface area contributed by atoms with Crippen LogP contribution in [0.15, 0.2) is 60.7 Å². The van der Waals surface area contributed by atoms with Crippen LogP contribution in [-0.2, 0) is 19.6 Å². The van der Waals surface area contributed by atoms with Gasteiger partial charge in [-0.15, -0.1) is 0 Å². The summed E-state index contributed by atoms with van der Waals surface area (Å²) in [5.41, 5.74) is 11.3. The van der Waals surface area contributed by atoms with Crippen molar-refractivity contribution in [1.82, 2.24) is 0 Å². The van der Waals surface area contributed by atoms with E-state index < -0.39 is 0 Å². The highest BCUT2D eigenvalue weighted by Crippen LogP contribution is 2.34. The highest BCUT2D eigenvalue weighted by Gasteiger charge is 2.20. The fourth-order valence-electron chi connectivity index (χ4n) is 3.30. The molecule has 0 aliphatic carbocycles. The van der Waals surface area contributed by atoms with Crippen LogP contribution in [0.3, 0.4) is 0 Å². The maximum Gasteiger partial charge on any atom is 0.0452 e. The fourth-order valence-corrected chi connectivity index (χ4v) is 3.30. The molecule has 1 aliphatic heterocycles. The van der Waals surface area contributed by atoms with Crippen molar-refractivity contribution < 1.29 is 0 Å². The van der Waals surface area contributed by atoms with E-state index in [0.29, 0.717) is 6.54 Å². The van der Waals surface area contributed by atoms with Crippen LogP contribution >= 0.6 is 0 Å². The lowest BCUT2D eigenvalue weighted by molar-refractivity contribution is 0.885. The van der Waals surface area contributed by atoms with E-state index in [0.717, 1.165) is 13.1 Å². The van der Waals surface area contributed by atoms with E-state index in [1.807, 2.05) is 0 Å². The van der Waals surface area contributed by atoms with E-state index in [1.54, 1.807) is 0 Å². The molecule has 4 rings (SSSR count). The van der Waals surface area contributed by atoms with Crippen LogP contribution in [0, 0.1) is 0 Å². The second kappa shape index (κ2) is 4.90. The molecule has 0 amide bonds. The van der Waals surface area contributed by atoms with Crippen LogP contribution in [0.25, 0.3) is 10.8 Å². The van der Waals surface area contributed by atoms with Crippen LogP contribution in [-0.4, -0.2) is 0 Å². The molecule has 21 heavy (non-hydrogen) atoms. The number of nitrogens with two attached hydrogens (primary N) is 1. The maximum absolute atomic E-state index is 5.87. The summed E-state index contributed by atoms with van der Waals surface area (Å²) in [5.74, 6) is 0. The summed E-state index contributed by atoms with van der Waals surface area (Å²) in [6, 6.07) is 21.7. The molecule has 0 unspecified atom stereocenters. The van der Waals surface area contributed by atoms with E-state index >= 15 is 0 Å². The Labute approximate surface area is 124 Å². The first-order valence-electron chi connectivity index (χ1n) is 7.39. The zero-order valence-electron chi connectivity index (χ0n) is 11.9. The van der Waals surface area contributed by atoms with Crippen LogP contribution in [0.5, 0.6) is 0 Å². The third kappa shape index (κ3) is 1.99. The van der Waals surface area contributed by atoms with E-state index in [9.17, 15) is 0 Å². The van der Waals surface area contributed by atoms with Gasteiger partial charge in [-0.25, -0.2) is 0 Å². The van der Waals surface area contributed by atoms with Gasteiger partial charge in [0.1, 0.15) is 0 Å². The highest BCUT2D eigenvalue weighted by molar-refractivity contribution is 5.96. The van der Waals surface area contributed by atoms with Crippen LogP contribution < -0.4 is 10.6 Å². The molecule has 0 fully saturated rings. The summed E-state index contributed by atoms with van der Waals surface area (Å²) >= 11 is 0. The first-order chi connectivity index (χ1) is 10.4. The monoisotopic (exact) mass is 274 g/mol. The Morgan fingerprint density at radius 2 is 1.38 bits per heavy atom. The largest absolute Gasteiger partial charge is 0.362 e. The lowest BCUT2D eigenvalue weighted by atomic mass is 10.0. The molecule has 2 heteroatoms. The van der Waals surface area contributed by atoms with E-state index in [2.05, 4.69) is 65.6 Å². The Balaban J connectivity index is 1.82. The van der Waals surface area contributed by atoms with Gasteiger partial charge in [-0.2, -0.15) is 0 Å². The lowest BCUT2D eigenvalue weighted by Crippen LogP contribution is -2.15. The molecule has 0 spiro atoms. The van der Waals surface area contributed by atoms with Crippen molar-refractivity contribution in [1.29, 1.82) is 0 Å². The molecule has 0 bridgehead atoms. The molecule has 0 aromatic heterocycles. The third-order valence-corrected chi connectivity index (χ3v) is 4.39. The SMILES string of the molecule is NCc1ccc(N2Cc3ccccc3C2)c2ccccc12. The average Bonchev–Trinajstić information content (AvgIpc) is 2.97. The Kier molecular flexibility index (Phi) is 2.90. The standard InChI is InChI=1S/C19H18N2/c20-11-14-9-10-19(18-8-4-3-7-17(14)18)21-12-15-5-1-2-6-16(15)13-21/h1-10H,11-13,20H2. The number of fused-ring (bicyclic) bond motifs is 2. The number of nitrogens with zero attached hydrogens (tertiary/aromatic N) is 1. The first kappa shape index (κ1) is 12.4. The average molecular weight is 274 g/mol. The molecule has 0 saturated carbocycles. The molecule has 3 aromatic carbocycles. The molecule has 3 aromatic rings. The maximum atomic E-state index is 5.87. The second-order valence-electron chi connectivity index (χ2n) is 5.62. The van der Waals surface area contributed by atoms with Gasteiger partial charge in [-0.05, 0) is 28.1 Å². The minimum atomic E-state index is 0.584. The third-order valence-electron chi connectivity index (χ3n) is 4.39. The summed E-state index contributed by atoms with van der Waals surface area (Å²) in [4.78, 5) is 2.45. The van der Waals surface area contributed by atoms with Crippen molar-refractivity contribution in [3.05, 3.63) is 77.4 Å². The Morgan fingerprint density at radius 3 is 2.05 bits per heavy atom. The number of hydrogen-bond acceptors (Lipinski definition) is 2. The van der Waals surface area contributed by atoms with E-state index in [-0.39, 0.29) is 0 Å². The predicted molar refractivity (Wildman–Crippen MR) is 88.2 cm³/mol. The number of rotatable bonds is 2. The van der Waals surface area contributed by atoms with E-state index in [1.165, 1.54) is 33.2 Å². The smallest absolute Gasteiger partial charge is 0.0452 e. The minimum absolute atomic E-state index is 0.584. The quantitative estimate of drug-likeness (QED) is 0.769. The molecule has 1 heterocycles. The van der Waals surface area contributed by atoms with Crippen LogP contribution in [0.1, 0.15) is 16.7 Å². The van der Waals surface area contributed by atoms with Crippen molar-refractivity contribution in [3.8, 4) is 0 Å². The Morgan fingerprint density at radius 1 is 0.762 bits per heavy atom. The van der Waals surface area contributed by atoms with Gasteiger partial charge in [0.25, 0.3) is 0 Å². The molecule has 0 saturated heterocycles. The zero-order chi connectivity index (χ0) is 14.2. The number of anilines is 1. The molecule has 104 valence electrons. The number of hydrogen-bond donors (Lipinski definition) is 1. The summed E-state index contributed by atoms with van der Waals surface area (Å²) in [5, 5.41) is 2.57. The zero-order valence-corrected chi connectivity index (χ0v) is 11.9. The molecule has 0 radical (unpaired) electrons. The predicted octanol–water partition coefficient (Wildman–Crippen LogP) is 3.82.